The quantitative estimate of drug-likeness (QED) is 0.400. The summed E-state index contributed by atoms with van der Waals surface area (Å²) in [7, 11) is -3.68. The zero-order chi connectivity index (χ0) is 26.3. The van der Waals surface area contributed by atoms with Crippen LogP contribution in [0.4, 0.5) is 4.79 Å². The van der Waals surface area contributed by atoms with Crippen LogP contribution in [0.5, 0.6) is 0 Å². The number of morpholine rings is 1. The summed E-state index contributed by atoms with van der Waals surface area (Å²) >= 11 is 1.43. The van der Waals surface area contributed by atoms with Crippen LogP contribution in [0.3, 0.4) is 0 Å². The van der Waals surface area contributed by atoms with Crippen LogP contribution in [0.25, 0.3) is 11.5 Å². The number of rotatable bonds is 11. The van der Waals surface area contributed by atoms with Crippen LogP contribution in [0.15, 0.2) is 21.3 Å². The first-order valence-corrected chi connectivity index (χ1v) is 14.4. The highest BCUT2D eigenvalue weighted by Gasteiger charge is 2.33. The molecular weight excluding hydrogens is 510 g/mol. The predicted octanol–water partition coefficient (Wildman–Crippen LogP) is 1.36. The number of carbonyl (C=O) groups excluding carboxylic acids is 3. The standard InChI is InChI=1S/C22H31N5O7S2/c1-4-16(18(28)19-25-21(34-26-19)15-5-10-35-11-15)23-20(29)17(13-36(31,32)12-14(2)3)24-22(30)27-6-8-33-9-7-27/h5,10-11,14,16-17H,4,6-9,12-13H2,1-3H3,(H,23,29)(H,24,30)/t16-,17-/m0/s1. The summed E-state index contributed by atoms with van der Waals surface area (Å²) in [5, 5.41) is 12.4. The zero-order valence-corrected chi connectivity index (χ0v) is 22.1. The Bertz CT molecular complexity index is 1140. The molecule has 2 atom stereocenters. The van der Waals surface area contributed by atoms with E-state index in [1.54, 1.807) is 32.2 Å². The molecule has 2 N–H and O–H groups in total. The van der Waals surface area contributed by atoms with Crippen molar-refractivity contribution in [3.05, 3.63) is 22.7 Å². The highest BCUT2D eigenvalue weighted by molar-refractivity contribution is 7.91. The van der Waals surface area contributed by atoms with E-state index in [1.165, 1.54) is 16.2 Å². The van der Waals surface area contributed by atoms with Gasteiger partial charge in [0.25, 0.3) is 5.89 Å². The Balaban J connectivity index is 1.74. The fraction of sp³-hybridized carbons (Fsp3) is 0.591. The first kappa shape index (κ1) is 27.7. The van der Waals surface area contributed by atoms with Crippen molar-refractivity contribution in [2.75, 3.05) is 37.8 Å². The zero-order valence-electron chi connectivity index (χ0n) is 20.4. The van der Waals surface area contributed by atoms with Crippen LogP contribution in [-0.4, -0.2) is 91.1 Å². The molecule has 1 fully saturated rings. The first-order valence-electron chi connectivity index (χ1n) is 11.6. The van der Waals surface area contributed by atoms with Gasteiger partial charge >= 0.3 is 6.03 Å². The average molecular weight is 542 g/mol. The van der Waals surface area contributed by atoms with Gasteiger partial charge < -0.3 is 24.8 Å². The lowest BCUT2D eigenvalue weighted by atomic mass is 10.1. The van der Waals surface area contributed by atoms with E-state index in [4.69, 9.17) is 9.26 Å². The molecule has 12 nitrogen and oxygen atoms in total. The first-order chi connectivity index (χ1) is 17.1. The number of urea groups is 1. The van der Waals surface area contributed by atoms with Crippen LogP contribution >= 0.6 is 11.3 Å². The third-order valence-electron chi connectivity index (χ3n) is 5.38. The molecule has 2 aromatic rings. The topological polar surface area (TPSA) is 161 Å². The lowest BCUT2D eigenvalue weighted by Crippen LogP contribution is -2.57. The second kappa shape index (κ2) is 12.4. The normalized spacial score (nSPS) is 15.9. The maximum Gasteiger partial charge on any atom is 0.318 e. The number of nitrogens with one attached hydrogen (secondary N) is 2. The van der Waals surface area contributed by atoms with Gasteiger partial charge in [0.05, 0.1) is 36.3 Å². The summed E-state index contributed by atoms with van der Waals surface area (Å²) in [5.74, 6) is -2.29. The highest BCUT2D eigenvalue weighted by Crippen LogP contribution is 2.20. The summed E-state index contributed by atoms with van der Waals surface area (Å²) in [6, 6.07) is -1.24. The van der Waals surface area contributed by atoms with E-state index in [0.29, 0.717) is 31.9 Å². The number of sulfone groups is 1. The van der Waals surface area contributed by atoms with Crippen molar-refractivity contribution < 1.29 is 32.1 Å². The van der Waals surface area contributed by atoms with Gasteiger partial charge in [-0.3, -0.25) is 9.59 Å². The fourth-order valence-electron chi connectivity index (χ4n) is 3.63. The van der Waals surface area contributed by atoms with Gasteiger partial charge in [-0.05, 0) is 23.8 Å². The van der Waals surface area contributed by atoms with E-state index in [1.807, 2.05) is 5.38 Å². The predicted molar refractivity (Wildman–Crippen MR) is 132 cm³/mol. The number of thiophene rings is 1. The van der Waals surface area contributed by atoms with Crippen molar-refractivity contribution >= 4 is 38.9 Å². The maximum atomic E-state index is 13.2. The summed E-state index contributed by atoms with van der Waals surface area (Å²) in [4.78, 5) is 44.5. The van der Waals surface area contributed by atoms with E-state index >= 15 is 0 Å². The molecule has 14 heteroatoms. The minimum atomic E-state index is -3.68. The van der Waals surface area contributed by atoms with Gasteiger partial charge in [0.1, 0.15) is 6.04 Å². The molecule has 0 aromatic carbocycles. The molecule has 0 bridgehead atoms. The Kier molecular flexibility index (Phi) is 9.56. The average Bonchev–Trinajstić information content (AvgIpc) is 3.53. The largest absolute Gasteiger partial charge is 0.378 e. The lowest BCUT2D eigenvalue weighted by Gasteiger charge is -2.29. The second-order valence-electron chi connectivity index (χ2n) is 8.84. The molecule has 3 heterocycles. The lowest BCUT2D eigenvalue weighted by molar-refractivity contribution is -0.123. The van der Waals surface area contributed by atoms with Gasteiger partial charge in [0.15, 0.2) is 9.84 Å². The number of ether oxygens (including phenoxy) is 1. The van der Waals surface area contributed by atoms with Crippen LogP contribution < -0.4 is 10.6 Å². The van der Waals surface area contributed by atoms with Crippen molar-refractivity contribution in [3.8, 4) is 11.5 Å². The molecule has 0 spiro atoms. The molecule has 36 heavy (non-hydrogen) atoms. The van der Waals surface area contributed by atoms with E-state index in [0.717, 1.165) is 0 Å². The summed E-state index contributed by atoms with van der Waals surface area (Å²) in [6.07, 6.45) is 0.190. The fourth-order valence-corrected chi connectivity index (χ4v) is 6.15. The van der Waals surface area contributed by atoms with E-state index in [9.17, 15) is 22.8 Å². The molecule has 0 radical (unpaired) electrons. The molecular formula is C22H31N5O7S2. The number of ketones is 1. The maximum absolute atomic E-state index is 13.2. The van der Waals surface area contributed by atoms with Crippen LogP contribution in [0.1, 0.15) is 37.8 Å². The van der Waals surface area contributed by atoms with Gasteiger partial charge in [0.2, 0.25) is 17.5 Å². The highest BCUT2D eigenvalue weighted by atomic mass is 32.2. The molecule has 3 rings (SSSR count). The second-order valence-corrected chi connectivity index (χ2v) is 11.8. The summed E-state index contributed by atoms with van der Waals surface area (Å²) < 4.78 is 35.7. The van der Waals surface area contributed by atoms with Crippen LogP contribution in [0.2, 0.25) is 0 Å². The third-order valence-corrected chi connectivity index (χ3v) is 8.08. The molecule has 0 saturated carbocycles. The molecule has 0 aliphatic carbocycles. The van der Waals surface area contributed by atoms with E-state index in [2.05, 4.69) is 20.8 Å². The van der Waals surface area contributed by atoms with Crippen molar-refractivity contribution in [1.29, 1.82) is 0 Å². The smallest absolute Gasteiger partial charge is 0.318 e. The van der Waals surface area contributed by atoms with E-state index < -0.39 is 45.4 Å². The van der Waals surface area contributed by atoms with Crippen LogP contribution in [-0.2, 0) is 19.4 Å². The minimum absolute atomic E-state index is 0.144. The van der Waals surface area contributed by atoms with Crippen molar-refractivity contribution in [3.63, 3.8) is 0 Å². The van der Waals surface area contributed by atoms with Gasteiger partial charge in [0, 0.05) is 18.5 Å². The van der Waals surface area contributed by atoms with Gasteiger partial charge in [-0.1, -0.05) is 25.9 Å². The molecule has 1 aliphatic rings. The minimum Gasteiger partial charge on any atom is -0.378 e. The number of amides is 3. The Morgan fingerprint density at radius 2 is 1.86 bits per heavy atom. The Morgan fingerprint density at radius 1 is 1.14 bits per heavy atom. The molecule has 198 valence electrons. The summed E-state index contributed by atoms with van der Waals surface area (Å²) in [5.41, 5.74) is 0.671. The third kappa shape index (κ3) is 7.58. The Labute approximate surface area is 213 Å². The van der Waals surface area contributed by atoms with Crippen molar-refractivity contribution in [1.82, 2.24) is 25.7 Å². The van der Waals surface area contributed by atoms with Gasteiger partial charge in [-0.2, -0.15) is 16.3 Å². The number of Topliss-reactive ketones (excluding diaryl/α,β-unsaturated/α-hetero) is 1. The Hall–Kier alpha value is -2.84. The number of aromatic nitrogens is 2. The number of hydrogen-bond donors (Lipinski definition) is 2. The SMILES string of the molecule is CC[C@H](NC(=O)[C@H](CS(=O)(=O)CC(C)C)NC(=O)N1CCOCC1)C(=O)c1noc(-c2ccsc2)n1. The monoisotopic (exact) mass is 541 g/mol. The number of hydrogen-bond acceptors (Lipinski definition) is 10. The number of carbonyl (C=O) groups is 3. The molecule has 3 amide bonds. The summed E-state index contributed by atoms with van der Waals surface area (Å²) in [6.45, 7) is 6.51. The van der Waals surface area contributed by atoms with Crippen LogP contribution in [0, 0.1) is 5.92 Å². The number of nitrogens with zero attached hydrogens (tertiary/aromatic N) is 3. The molecule has 2 aromatic heterocycles. The van der Waals surface area contributed by atoms with Gasteiger partial charge in [-0.25, -0.2) is 13.2 Å². The van der Waals surface area contributed by atoms with Crippen molar-refractivity contribution in [2.24, 2.45) is 5.92 Å². The van der Waals surface area contributed by atoms with E-state index in [-0.39, 0.29) is 29.8 Å². The Morgan fingerprint density at radius 3 is 2.47 bits per heavy atom. The van der Waals surface area contributed by atoms with Gasteiger partial charge in [-0.15, -0.1) is 0 Å². The molecule has 1 aliphatic heterocycles. The molecule has 1 saturated heterocycles. The van der Waals surface area contributed by atoms with Crippen molar-refractivity contribution in [2.45, 2.75) is 39.3 Å². The molecule has 0 unspecified atom stereocenters.